The van der Waals surface area contributed by atoms with Gasteiger partial charge in [0, 0.05) is 36.6 Å². The molecule has 138 valence electrons. The van der Waals surface area contributed by atoms with Gasteiger partial charge >= 0.3 is 0 Å². The van der Waals surface area contributed by atoms with E-state index in [1.54, 1.807) is 7.11 Å². The summed E-state index contributed by atoms with van der Waals surface area (Å²) in [6.07, 6.45) is 6.19. The van der Waals surface area contributed by atoms with Crippen molar-refractivity contribution in [2.75, 3.05) is 26.8 Å². The summed E-state index contributed by atoms with van der Waals surface area (Å²) in [5.41, 5.74) is 0.407. The Kier molecular flexibility index (Phi) is 10.2. The maximum atomic E-state index is 5.27. The summed E-state index contributed by atoms with van der Waals surface area (Å²) in [5, 5.41) is 6.91. The van der Waals surface area contributed by atoms with Gasteiger partial charge in [-0.05, 0) is 50.2 Å². The second kappa shape index (κ2) is 11.3. The molecule has 0 bridgehead atoms. The highest BCUT2D eigenvalue weighted by atomic mass is 127. The van der Waals surface area contributed by atoms with Gasteiger partial charge in [-0.25, -0.2) is 4.99 Å². The summed E-state index contributed by atoms with van der Waals surface area (Å²) in [4.78, 5) is 7.51. The van der Waals surface area contributed by atoms with Crippen molar-refractivity contribution in [3.05, 3.63) is 21.9 Å². The van der Waals surface area contributed by atoms with Crippen LogP contribution in [0.4, 0.5) is 0 Å². The summed E-state index contributed by atoms with van der Waals surface area (Å²) in [6.45, 7) is 7.80. The van der Waals surface area contributed by atoms with Gasteiger partial charge in [-0.3, -0.25) is 0 Å². The molecule has 1 aromatic heterocycles. The second-order valence-corrected chi connectivity index (χ2v) is 7.62. The SMILES string of the molecule is CCNC(=NCc1ccc(CC)s1)NCC1(CCOC)CCC1.I. The molecule has 0 spiro atoms. The van der Waals surface area contributed by atoms with Gasteiger partial charge < -0.3 is 15.4 Å². The van der Waals surface area contributed by atoms with Gasteiger partial charge in [-0.15, -0.1) is 35.3 Å². The molecule has 1 aromatic rings. The van der Waals surface area contributed by atoms with Crippen LogP contribution in [0.1, 0.15) is 49.3 Å². The fraction of sp³-hybridized carbons (Fsp3) is 0.722. The summed E-state index contributed by atoms with van der Waals surface area (Å²) in [6, 6.07) is 4.41. The molecule has 1 saturated carbocycles. The average Bonchev–Trinajstić information content (AvgIpc) is 2.99. The van der Waals surface area contributed by atoms with Crippen LogP contribution >= 0.6 is 35.3 Å². The van der Waals surface area contributed by atoms with Crippen LogP contribution in [0.2, 0.25) is 0 Å². The Morgan fingerprint density at radius 1 is 1.25 bits per heavy atom. The smallest absolute Gasteiger partial charge is 0.191 e. The van der Waals surface area contributed by atoms with Crippen molar-refractivity contribution in [2.24, 2.45) is 10.4 Å². The van der Waals surface area contributed by atoms with E-state index in [2.05, 4.69) is 36.6 Å². The van der Waals surface area contributed by atoms with Gasteiger partial charge in [0.1, 0.15) is 0 Å². The van der Waals surface area contributed by atoms with Gasteiger partial charge in [0.15, 0.2) is 5.96 Å². The lowest BCUT2D eigenvalue weighted by atomic mass is 9.67. The minimum absolute atomic E-state index is 0. The number of methoxy groups -OCH3 is 1. The maximum Gasteiger partial charge on any atom is 0.191 e. The van der Waals surface area contributed by atoms with Crippen LogP contribution in [0, 0.1) is 5.41 Å². The second-order valence-electron chi connectivity index (χ2n) is 6.37. The fourth-order valence-electron chi connectivity index (χ4n) is 2.98. The molecule has 2 rings (SSSR count). The van der Waals surface area contributed by atoms with Crippen LogP contribution in [0.5, 0.6) is 0 Å². The Bertz CT molecular complexity index is 500. The number of aryl methyl sites for hydroxylation is 1. The first-order chi connectivity index (χ1) is 11.2. The van der Waals surface area contributed by atoms with Gasteiger partial charge in [-0.1, -0.05) is 13.3 Å². The zero-order chi connectivity index (χ0) is 16.5. The predicted octanol–water partition coefficient (Wildman–Crippen LogP) is 4.19. The van der Waals surface area contributed by atoms with Gasteiger partial charge in [0.05, 0.1) is 6.54 Å². The third kappa shape index (κ3) is 6.52. The van der Waals surface area contributed by atoms with Gasteiger partial charge in [0.25, 0.3) is 0 Å². The Morgan fingerprint density at radius 3 is 2.54 bits per heavy atom. The molecule has 0 amide bonds. The quantitative estimate of drug-likeness (QED) is 0.327. The highest BCUT2D eigenvalue weighted by Gasteiger charge is 2.36. The predicted molar refractivity (Wildman–Crippen MR) is 115 cm³/mol. The van der Waals surface area contributed by atoms with Crippen molar-refractivity contribution in [3.8, 4) is 0 Å². The molecule has 2 N–H and O–H groups in total. The lowest BCUT2D eigenvalue weighted by molar-refractivity contribution is 0.0732. The number of nitrogens with one attached hydrogen (secondary N) is 2. The van der Waals surface area contributed by atoms with Crippen LogP contribution in [-0.4, -0.2) is 32.8 Å². The molecule has 1 aliphatic carbocycles. The van der Waals surface area contributed by atoms with Crippen molar-refractivity contribution in [1.29, 1.82) is 0 Å². The lowest BCUT2D eigenvalue weighted by Gasteiger charge is -2.42. The van der Waals surface area contributed by atoms with Crippen molar-refractivity contribution in [3.63, 3.8) is 0 Å². The Hall–Kier alpha value is -0.340. The maximum absolute atomic E-state index is 5.27. The summed E-state index contributed by atoms with van der Waals surface area (Å²) in [5.74, 6) is 0.933. The molecule has 1 heterocycles. The molecule has 0 aromatic carbocycles. The highest BCUT2D eigenvalue weighted by Crippen LogP contribution is 2.43. The van der Waals surface area contributed by atoms with E-state index < -0.39 is 0 Å². The summed E-state index contributed by atoms with van der Waals surface area (Å²) in [7, 11) is 1.79. The molecule has 24 heavy (non-hydrogen) atoms. The van der Waals surface area contributed by atoms with E-state index in [4.69, 9.17) is 9.73 Å². The van der Waals surface area contributed by atoms with Crippen LogP contribution < -0.4 is 10.6 Å². The first-order valence-corrected chi connectivity index (χ1v) is 9.61. The van der Waals surface area contributed by atoms with Crippen molar-refractivity contribution in [1.82, 2.24) is 10.6 Å². The van der Waals surface area contributed by atoms with E-state index in [-0.39, 0.29) is 24.0 Å². The van der Waals surface area contributed by atoms with Crippen LogP contribution in [0.25, 0.3) is 0 Å². The minimum Gasteiger partial charge on any atom is -0.385 e. The Morgan fingerprint density at radius 2 is 2.00 bits per heavy atom. The topological polar surface area (TPSA) is 45.7 Å². The highest BCUT2D eigenvalue weighted by molar-refractivity contribution is 14.0. The zero-order valence-electron chi connectivity index (χ0n) is 15.2. The number of hydrogen-bond donors (Lipinski definition) is 2. The number of nitrogens with zero attached hydrogens (tertiary/aromatic N) is 1. The van der Waals surface area contributed by atoms with E-state index in [0.717, 1.165) is 45.0 Å². The number of hydrogen-bond acceptors (Lipinski definition) is 3. The fourth-order valence-corrected chi connectivity index (χ4v) is 3.86. The Balaban J connectivity index is 0.00000288. The van der Waals surface area contributed by atoms with Gasteiger partial charge in [0.2, 0.25) is 0 Å². The minimum atomic E-state index is 0. The lowest BCUT2D eigenvalue weighted by Crippen LogP contribution is -2.46. The molecule has 1 aliphatic rings. The van der Waals surface area contributed by atoms with Gasteiger partial charge in [-0.2, -0.15) is 0 Å². The monoisotopic (exact) mass is 465 g/mol. The standard InChI is InChI=1S/C18H31N3OS.HI/c1-4-15-7-8-16(23-15)13-20-17(19-5-2)21-14-18(9-6-10-18)11-12-22-3;/h7-8H,4-6,9-14H2,1-3H3,(H2,19,20,21);1H. The molecular formula is C18H32IN3OS. The van der Waals surface area contributed by atoms with E-state index in [9.17, 15) is 0 Å². The number of rotatable bonds is 9. The van der Waals surface area contributed by atoms with Crippen molar-refractivity contribution in [2.45, 2.75) is 52.5 Å². The van der Waals surface area contributed by atoms with Crippen LogP contribution in [0.15, 0.2) is 17.1 Å². The number of thiophene rings is 1. The summed E-state index contributed by atoms with van der Waals surface area (Å²) >= 11 is 1.86. The van der Waals surface area contributed by atoms with Crippen molar-refractivity contribution < 1.29 is 4.74 Å². The van der Waals surface area contributed by atoms with Crippen molar-refractivity contribution >= 4 is 41.3 Å². The molecule has 0 saturated heterocycles. The van der Waals surface area contributed by atoms with Crippen LogP contribution in [0.3, 0.4) is 0 Å². The molecule has 1 fully saturated rings. The Labute approximate surface area is 167 Å². The van der Waals surface area contributed by atoms with E-state index in [1.165, 1.54) is 29.0 Å². The van der Waals surface area contributed by atoms with E-state index >= 15 is 0 Å². The molecule has 0 atom stereocenters. The number of ether oxygens (including phenoxy) is 1. The molecule has 0 radical (unpaired) electrons. The first kappa shape index (κ1) is 21.7. The van der Waals surface area contributed by atoms with Crippen LogP contribution in [-0.2, 0) is 17.7 Å². The number of halogens is 1. The third-order valence-corrected chi connectivity index (χ3v) is 5.90. The number of aliphatic imine (C=N–C) groups is 1. The summed E-state index contributed by atoms with van der Waals surface area (Å²) < 4.78 is 5.27. The molecule has 4 nitrogen and oxygen atoms in total. The van der Waals surface area contributed by atoms with E-state index in [1.807, 2.05) is 11.3 Å². The molecule has 0 unspecified atom stereocenters. The number of guanidine groups is 1. The molecular weight excluding hydrogens is 433 g/mol. The molecule has 6 heteroatoms. The normalized spacial score (nSPS) is 16.2. The third-order valence-electron chi connectivity index (χ3n) is 4.68. The molecule has 0 aliphatic heterocycles. The van der Waals surface area contributed by atoms with E-state index in [0.29, 0.717) is 5.41 Å². The largest absolute Gasteiger partial charge is 0.385 e. The zero-order valence-corrected chi connectivity index (χ0v) is 18.3. The first-order valence-electron chi connectivity index (χ1n) is 8.80. The average molecular weight is 465 g/mol.